The van der Waals surface area contributed by atoms with Gasteiger partial charge in [-0.1, -0.05) is 13.8 Å². The lowest BCUT2D eigenvalue weighted by Crippen LogP contribution is -2.15. The molecule has 0 rings (SSSR count). The number of carboxylic acid groups (broad SMARTS) is 1. The predicted octanol–water partition coefficient (Wildman–Crippen LogP) is 1.91. The normalized spacial score (nSPS) is 13.3. The lowest BCUT2D eigenvalue weighted by molar-refractivity contribution is -0.139. The summed E-state index contributed by atoms with van der Waals surface area (Å²) in [7, 11) is 0. The minimum Gasteiger partial charge on any atom is -0.481 e. The highest BCUT2D eigenvalue weighted by Gasteiger charge is 2.07. The quantitative estimate of drug-likeness (QED) is 0.669. The van der Waals surface area contributed by atoms with Gasteiger partial charge in [-0.2, -0.15) is 0 Å². The molecule has 0 saturated carbocycles. The van der Waals surface area contributed by atoms with Gasteiger partial charge in [-0.3, -0.25) is 4.79 Å². The van der Waals surface area contributed by atoms with Crippen LogP contribution in [0.1, 0.15) is 33.6 Å². The molecule has 1 unspecified atom stereocenters. The molecule has 0 amide bonds. The van der Waals surface area contributed by atoms with Crippen molar-refractivity contribution in [2.24, 2.45) is 5.92 Å². The second-order valence-electron chi connectivity index (χ2n) is 3.46. The summed E-state index contributed by atoms with van der Waals surface area (Å²) in [6.07, 6.45) is 0.920. The first-order valence-corrected chi connectivity index (χ1v) is 4.35. The smallest absolute Gasteiger partial charge is 0.305 e. The molecular weight excluding hydrogens is 156 g/mol. The highest BCUT2D eigenvalue weighted by Crippen LogP contribution is 2.03. The molecule has 0 aromatic carbocycles. The summed E-state index contributed by atoms with van der Waals surface area (Å²) in [5, 5.41) is 8.41. The van der Waals surface area contributed by atoms with Gasteiger partial charge in [0.25, 0.3) is 0 Å². The Balaban J connectivity index is 3.31. The number of hydrogen-bond acceptors (Lipinski definition) is 2. The van der Waals surface area contributed by atoms with E-state index in [1.807, 2.05) is 0 Å². The summed E-state index contributed by atoms with van der Waals surface area (Å²) < 4.78 is 5.28. The van der Waals surface area contributed by atoms with Crippen LogP contribution in [0.4, 0.5) is 0 Å². The maximum atomic E-state index is 10.2. The molecule has 0 saturated heterocycles. The largest absolute Gasteiger partial charge is 0.481 e. The molecule has 0 bridgehead atoms. The van der Waals surface area contributed by atoms with E-state index in [2.05, 4.69) is 13.8 Å². The lowest BCUT2D eigenvalue weighted by atomic mass is 10.1. The number of hydrogen-bond donors (Lipinski definition) is 1. The van der Waals surface area contributed by atoms with Crippen LogP contribution in [0.2, 0.25) is 0 Å². The fourth-order valence-electron chi connectivity index (χ4n) is 0.810. The van der Waals surface area contributed by atoms with E-state index in [1.54, 1.807) is 6.92 Å². The molecule has 1 N–H and O–H groups in total. The molecule has 3 nitrogen and oxygen atoms in total. The Labute approximate surface area is 73.7 Å². The van der Waals surface area contributed by atoms with Crippen LogP contribution in [-0.4, -0.2) is 23.8 Å². The van der Waals surface area contributed by atoms with Crippen LogP contribution in [0.3, 0.4) is 0 Å². The van der Waals surface area contributed by atoms with Gasteiger partial charge >= 0.3 is 5.97 Å². The minimum atomic E-state index is -0.799. The number of rotatable bonds is 6. The third-order valence-corrected chi connectivity index (χ3v) is 1.56. The summed E-state index contributed by atoms with van der Waals surface area (Å²) in [6, 6.07) is 0. The molecule has 0 aromatic heterocycles. The molecule has 0 heterocycles. The predicted molar refractivity (Wildman–Crippen MR) is 47.1 cm³/mol. The van der Waals surface area contributed by atoms with Gasteiger partial charge in [-0.15, -0.1) is 0 Å². The van der Waals surface area contributed by atoms with Gasteiger partial charge in [-0.05, 0) is 19.3 Å². The molecule has 0 radical (unpaired) electrons. The lowest BCUT2D eigenvalue weighted by Gasteiger charge is -2.11. The van der Waals surface area contributed by atoms with Crippen molar-refractivity contribution in [3.8, 4) is 0 Å². The monoisotopic (exact) mass is 174 g/mol. The Morgan fingerprint density at radius 3 is 2.42 bits per heavy atom. The van der Waals surface area contributed by atoms with Gasteiger partial charge in [0.05, 0.1) is 12.5 Å². The van der Waals surface area contributed by atoms with Crippen molar-refractivity contribution in [3.05, 3.63) is 0 Å². The topological polar surface area (TPSA) is 46.5 Å². The third-order valence-electron chi connectivity index (χ3n) is 1.56. The maximum Gasteiger partial charge on any atom is 0.305 e. The summed E-state index contributed by atoms with van der Waals surface area (Å²) >= 11 is 0. The van der Waals surface area contributed by atoms with E-state index >= 15 is 0 Å². The first-order valence-electron chi connectivity index (χ1n) is 4.35. The molecule has 0 aliphatic carbocycles. The molecule has 0 aromatic rings. The first kappa shape index (κ1) is 11.4. The first-order chi connectivity index (χ1) is 5.52. The Morgan fingerprint density at radius 1 is 1.42 bits per heavy atom. The van der Waals surface area contributed by atoms with Crippen LogP contribution >= 0.6 is 0 Å². The molecule has 0 fully saturated rings. The van der Waals surface area contributed by atoms with Gasteiger partial charge in [0.2, 0.25) is 0 Å². The van der Waals surface area contributed by atoms with E-state index in [1.165, 1.54) is 0 Å². The summed E-state index contributed by atoms with van der Waals surface area (Å²) in [6.45, 7) is 6.68. The zero-order valence-corrected chi connectivity index (χ0v) is 8.04. The van der Waals surface area contributed by atoms with E-state index in [0.29, 0.717) is 12.5 Å². The van der Waals surface area contributed by atoms with Gasteiger partial charge < -0.3 is 9.84 Å². The average molecular weight is 174 g/mol. The van der Waals surface area contributed by atoms with Gasteiger partial charge in [0.1, 0.15) is 0 Å². The van der Waals surface area contributed by atoms with E-state index in [9.17, 15) is 4.79 Å². The summed E-state index contributed by atoms with van der Waals surface area (Å²) in [4.78, 5) is 10.2. The summed E-state index contributed by atoms with van der Waals surface area (Å²) in [5.74, 6) is -0.186. The van der Waals surface area contributed by atoms with Gasteiger partial charge in [0, 0.05) is 6.61 Å². The molecule has 3 heteroatoms. The molecular formula is C9H18O3. The minimum absolute atomic E-state index is 0.0953. The SMILES string of the molecule is CC(C)CCOC(C)CC(=O)O. The second-order valence-corrected chi connectivity index (χ2v) is 3.46. The van der Waals surface area contributed by atoms with Crippen molar-refractivity contribution in [2.45, 2.75) is 39.7 Å². The Hall–Kier alpha value is -0.570. The Morgan fingerprint density at radius 2 is 2.00 bits per heavy atom. The molecule has 0 spiro atoms. The Bertz CT molecular complexity index is 132. The maximum absolute atomic E-state index is 10.2. The van der Waals surface area contributed by atoms with Crippen molar-refractivity contribution in [3.63, 3.8) is 0 Å². The molecule has 0 aliphatic heterocycles. The number of carbonyl (C=O) groups is 1. The number of aliphatic carboxylic acids is 1. The van der Waals surface area contributed by atoms with Crippen LogP contribution in [0, 0.1) is 5.92 Å². The fourth-order valence-corrected chi connectivity index (χ4v) is 0.810. The van der Waals surface area contributed by atoms with Crippen LogP contribution in [-0.2, 0) is 9.53 Å². The summed E-state index contributed by atoms with van der Waals surface area (Å²) in [5.41, 5.74) is 0. The van der Waals surface area contributed by atoms with Crippen molar-refractivity contribution >= 4 is 5.97 Å². The van der Waals surface area contributed by atoms with E-state index in [4.69, 9.17) is 9.84 Å². The zero-order chi connectivity index (χ0) is 9.56. The van der Waals surface area contributed by atoms with Crippen LogP contribution in [0.5, 0.6) is 0 Å². The Kier molecular flexibility index (Phi) is 5.72. The zero-order valence-electron chi connectivity index (χ0n) is 8.04. The highest BCUT2D eigenvalue weighted by molar-refractivity contribution is 5.67. The van der Waals surface area contributed by atoms with E-state index < -0.39 is 5.97 Å². The van der Waals surface area contributed by atoms with Crippen molar-refractivity contribution < 1.29 is 14.6 Å². The van der Waals surface area contributed by atoms with Crippen LogP contribution < -0.4 is 0 Å². The third kappa shape index (κ3) is 7.54. The van der Waals surface area contributed by atoms with Gasteiger partial charge in [0.15, 0.2) is 0 Å². The van der Waals surface area contributed by atoms with Crippen molar-refractivity contribution in [1.82, 2.24) is 0 Å². The molecule has 1 atom stereocenters. The average Bonchev–Trinajstić information content (AvgIpc) is 1.84. The molecule has 12 heavy (non-hydrogen) atoms. The van der Waals surface area contributed by atoms with Crippen molar-refractivity contribution in [2.75, 3.05) is 6.61 Å². The second kappa shape index (κ2) is 6.00. The van der Waals surface area contributed by atoms with Crippen LogP contribution in [0.25, 0.3) is 0 Å². The van der Waals surface area contributed by atoms with Crippen molar-refractivity contribution in [1.29, 1.82) is 0 Å². The van der Waals surface area contributed by atoms with Gasteiger partial charge in [-0.25, -0.2) is 0 Å². The van der Waals surface area contributed by atoms with E-state index in [0.717, 1.165) is 6.42 Å². The van der Waals surface area contributed by atoms with E-state index in [-0.39, 0.29) is 12.5 Å². The number of carboxylic acids is 1. The highest BCUT2D eigenvalue weighted by atomic mass is 16.5. The fraction of sp³-hybridized carbons (Fsp3) is 0.889. The number of ether oxygens (including phenoxy) is 1. The standard InChI is InChI=1S/C9H18O3/c1-7(2)4-5-12-8(3)6-9(10)11/h7-8H,4-6H2,1-3H3,(H,10,11). The molecule has 0 aliphatic rings. The molecule has 72 valence electrons. The van der Waals surface area contributed by atoms with Crippen LogP contribution in [0.15, 0.2) is 0 Å².